The summed E-state index contributed by atoms with van der Waals surface area (Å²) >= 11 is 0. The maximum atomic E-state index is 12.0. The zero-order chi connectivity index (χ0) is 13.7. The molecule has 0 aromatic heterocycles. The number of likely N-dealkylation sites (tertiary alicyclic amines) is 1. The highest BCUT2D eigenvalue weighted by molar-refractivity contribution is 5.78. The van der Waals surface area contributed by atoms with Crippen LogP contribution in [-0.4, -0.2) is 42.7 Å². The van der Waals surface area contributed by atoms with Crippen molar-refractivity contribution in [1.29, 1.82) is 0 Å². The summed E-state index contributed by atoms with van der Waals surface area (Å²) in [6.45, 7) is 2.79. The van der Waals surface area contributed by atoms with E-state index in [9.17, 15) is 9.90 Å². The molecule has 1 aromatic rings. The minimum atomic E-state index is -0.274. The number of carbonyl (C=O) groups is 1. The number of hydrogen-bond acceptors (Lipinski definition) is 4. The first-order chi connectivity index (χ1) is 9.20. The molecule has 0 bridgehead atoms. The highest BCUT2D eigenvalue weighted by Gasteiger charge is 2.25. The van der Waals surface area contributed by atoms with Crippen LogP contribution in [-0.2, 0) is 9.53 Å². The average molecular weight is 263 g/mol. The van der Waals surface area contributed by atoms with Crippen LogP contribution in [0.1, 0.15) is 30.7 Å². The molecule has 0 saturated carbocycles. The molecule has 1 aliphatic rings. The van der Waals surface area contributed by atoms with E-state index in [4.69, 9.17) is 4.74 Å². The van der Waals surface area contributed by atoms with Crippen molar-refractivity contribution in [2.24, 2.45) is 0 Å². The van der Waals surface area contributed by atoms with Gasteiger partial charge in [-0.1, -0.05) is 18.6 Å². The molecular weight excluding hydrogens is 242 g/mol. The lowest BCUT2D eigenvalue weighted by Gasteiger charge is -2.29. The zero-order valence-corrected chi connectivity index (χ0v) is 11.3. The molecule has 1 unspecified atom stereocenters. The maximum Gasteiger partial charge on any atom is 0.314 e. The van der Waals surface area contributed by atoms with Crippen molar-refractivity contribution in [2.45, 2.75) is 25.2 Å². The fourth-order valence-electron chi connectivity index (χ4n) is 2.57. The van der Waals surface area contributed by atoms with Crippen molar-refractivity contribution in [1.82, 2.24) is 4.90 Å². The van der Waals surface area contributed by atoms with Gasteiger partial charge in [-0.25, -0.2) is 0 Å². The number of rotatable bonds is 4. The lowest BCUT2D eigenvalue weighted by molar-refractivity contribution is -0.143. The minimum Gasteiger partial charge on any atom is -0.508 e. The molecule has 104 valence electrons. The number of methoxy groups -OCH3 is 1. The summed E-state index contributed by atoms with van der Waals surface area (Å²) in [4.78, 5) is 14.3. The van der Waals surface area contributed by atoms with Crippen molar-refractivity contribution in [3.05, 3.63) is 29.8 Å². The summed E-state index contributed by atoms with van der Waals surface area (Å²) in [5.74, 6) is -0.273. The molecule has 0 aliphatic carbocycles. The van der Waals surface area contributed by atoms with E-state index in [1.54, 1.807) is 24.3 Å². The van der Waals surface area contributed by atoms with Crippen molar-refractivity contribution in [3.8, 4) is 5.75 Å². The number of aromatic hydroxyl groups is 1. The summed E-state index contributed by atoms with van der Waals surface area (Å²) in [5, 5.41) is 9.33. The molecule has 1 saturated heterocycles. The zero-order valence-electron chi connectivity index (χ0n) is 11.3. The summed E-state index contributed by atoms with van der Waals surface area (Å²) in [6.07, 6.45) is 3.67. The van der Waals surface area contributed by atoms with E-state index in [1.807, 2.05) is 0 Å². The van der Waals surface area contributed by atoms with Crippen LogP contribution in [0.3, 0.4) is 0 Å². The summed E-state index contributed by atoms with van der Waals surface area (Å²) in [6, 6.07) is 6.81. The SMILES string of the molecule is COC(=O)C(CN1CCCCC1)c1ccc(O)cc1. The van der Waals surface area contributed by atoms with Crippen LogP contribution >= 0.6 is 0 Å². The number of phenols is 1. The van der Waals surface area contributed by atoms with Crippen molar-refractivity contribution >= 4 is 5.97 Å². The molecular formula is C15H21NO3. The van der Waals surface area contributed by atoms with Gasteiger partial charge in [0.15, 0.2) is 0 Å². The van der Waals surface area contributed by atoms with Crippen LogP contribution in [0.15, 0.2) is 24.3 Å². The number of ether oxygens (including phenoxy) is 1. The number of carbonyl (C=O) groups excluding carboxylic acids is 1. The average Bonchev–Trinajstić information content (AvgIpc) is 2.46. The molecule has 2 rings (SSSR count). The maximum absolute atomic E-state index is 12.0. The second kappa shape index (κ2) is 6.57. The van der Waals surface area contributed by atoms with Gasteiger partial charge in [-0.15, -0.1) is 0 Å². The Balaban J connectivity index is 2.10. The van der Waals surface area contributed by atoms with Gasteiger partial charge in [0.1, 0.15) is 5.75 Å². The Morgan fingerprint density at radius 1 is 1.26 bits per heavy atom. The first kappa shape index (κ1) is 13.9. The number of nitrogens with zero attached hydrogens (tertiary/aromatic N) is 1. The Kier molecular flexibility index (Phi) is 4.80. The third-order valence-corrected chi connectivity index (χ3v) is 3.67. The quantitative estimate of drug-likeness (QED) is 0.846. The Morgan fingerprint density at radius 3 is 2.47 bits per heavy atom. The fourth-order valence-corrected chi connectivity index (χ4v) is 2.57. The number of esters is 1. The summed E-state index contributed by atoms with van der Waals surface area (Å²) < 4.78 is 4.91. The van der Waals surface area contributed by atoms with Gasteiger partial charge in [0.25, 0.3) is 0 Å². The molecule has 1 aromatic carbocycles. The van der Waals surface area contributed by atoms with E-state index >= 15 is 0 Å². The van der Waals surface area contributed by atoms with Crippen LogP contribution in [0.5, 0.6) is 5.75 Å². The lowest BCUT2D eigenvalue weighted by atomic mass is 9.97. The number of phenolic OH excluding ortho intramolecular Hbond substituents is 1. The van der Waals surface area contributed by atoms with E-state index in [0.717, 1.165) is 18.7 Å². The highest BCUT2D eigenvalue weighted by atomic mass is 16.5. The van der Waals surface area contributed by atoms with Crippen LogP contribution in [0.2, 0.25) is 0 Å². The molecule has 4 nitrogen and oxygen atoms in total. The normalized spacial score (nSPS) is 17.9. The Hall–Kier alpha value is -1.55. The lowest BCUT2D eigenvalue weighted by Crippen LogP contribution is -2.36. The molecule has 0 amide bonds. The highest BCUT2D eigenvalue weighted by Crippen LogP contribution is 2.23. The standard InChI is InChI=1S/C15H21NO3/c1-19-15(18)14(11-16-9-3-2-4-10-16)12-5-7-13(17)8-6-12/h5-8,14,17H,2-4,9-11H2,1H3. The van der Waals surface area contributed by atoms with Gasteiger partial charge < -0.3 is 14.7 Å². The van der Waals surface area contributed by atoms with Crippen molar-refractivity contribution in [3.63, 3.8) is 0 Å². The van der Waals surface area contributed by atoms with E-state index in [2.05, 4.69) is 4.90 Å². The summed E-state index contributed by atoms with van der Waals surface area (Å²) in [5.41, 5.74) is 0.898. The van der Waals surface area contributed by atoms with Gasteiger partial charge in [0.2, 0.25) is 0 Å². The molecule has 1 heterocycles. The van der Waals surface area contributed by atoms with E-state index in [1.165, 1.54) is 26.4 Å². The molecule has 1 aliphatic heterocycles. The van der Waals surface area contributed by atoms with Gasteiger partial charge in [-0.05, 0) is 43.6 Å². The van der Waals surface area contributed by atoms with Crippen LogP contribution in [0, 0.1) is 0 Å². The Morgan fingerprint density at radius 2 is 1.89 bits per heavy atom. The van der Waals surface area contributed by atoms with Crippen molar-refractivity contribution in [2.75, 3.05) is 26.7 Å². The van der Waals surface area contributed by atoms with E-state index in [0.29, 0.717) is 6.54 Å². The molecule has 1 fully saturated rings. The van der Waals surface area contributed by atoms with Gasteiger partial charge in [0, 0.05) is 6.54 Å². The second-order valence-corrected chi connectivity index (χ2v) is 5.03. The molecule has 4 heteroatoms. The van der Waals surface area contributed by atoms with Crippen LogP contribution < -0.4 is 0 Å². The van der Waals surface area contributed by atoms with E-state index in [-0.39, 0.29) is 17.6 Å². The van der Waals surface area contributed by atoms with Gasteiger partial charge in [0.05, 0.1) is 13.0 Å². The Bertz CT molecular complexity index is 410. The number of benzene rings is 1. The number of piperidine rings is 1. The Labute approximate surface area is 114 Å². The third-order valence-electron chi connectivity index (χ3n) is 3.67. The topological polar surface area (TPSA) is 49.8 Å². The van der Waals surface area contributed by atoms with Crippen LogP contribution in [0.25, 0.3) is 0 Å². The smallest absolute Gasteiger partial charge is 0.314 e. The number of hydrogen-bond donors (Lipinski definition) is 1. The monoisotopic (exact) mass is 263 g/mol. The second-order valence-electron chi connectivity index (χ2n) is 5.03. The molecule has 1 atom stereocenters. The summed E-state index contributed by atoms with van der Waals surface area (Å²) in [7, 11) is 1.42. The molecule has 0 spiro atoms. The minimum absolute atomic E-state index is 0.212. The van der Waals surface area contributed by atoms with Gasteiger partial charge >= 0.3 is 5.97 Å². The van der Waals surface area contributed by atoms with Gasteiger partial charge in [-0.2, -0.15) is 0 Å². The predicted molar refractivity (Wildman–Crippen MR) is 73.2 cm³/mol. The molecule has 1 N–H and O–H groups in total. The molecule has 19 heavy (non-hydrogen) atoms. The molecule has 0 radical (unpaired) electrons. The third kappa shape index (κ3) is 3.70. The van der Waals surface area contributed by atoms with Crippen molar-refractivity contribution < 1.29 is 14.6 Å². The van der Waals surface area contributed by atoms with E-state index < -0.39 is 0 Å². The fraction of sp³-hybridized carbons (Fsp3) is 0.533. The van der Waals surface area contributed by atoms with Gasteiger partial charge in [-0.3, -0.25) is 4.79 Å². The first-order valence-corrected chi connectivity index (χ1v) is 6.80. The van der Waals surface area contributed by atoms with Crippen LogP contribution in [0.4, 0.5) is 0 Å². The largest absolute Gasteiger partial charge is 0.508 e. The first-order valence-electron chi connectivity index (χ1n) is 6.80. The predicted octanol–water partition coefficient (Wildman–Crippen LogP) is 2.13.